The Morgan fingerprint density at radius 1 is 1.14 bits per heavy atom. The van der Waals surface area contributed by atoms with Crippen LogP contribution in [0, 0.1) is 0 Å². The van der Waals surface area contributed by atoms with Gasteiger partial charge in [0, 0.05) is 19.0 Å². The molecule has 1 aliphatic rings. The van der Waals surface area contributed by atoms with Gasteiger partial charge in [0.15, 0.2) is 0 Å². The second-order valence-corrected chi connectivity index (χ2v) is 8.25. The molecule has 1 fully saturated rings. The third-order valence-electron chi connectivity index (χ3n) is 4.05. The molecule has 1 aliphatic heterocycles. The van der Waals surface area contributed by atoms with Crippen molar-refractivity contribution in [3.05, 3.63) is 35.4 Å². The van der Waals surface area contributed by atoms with Gasteiger partial charge in [-0.05, 0) is 43.7 Å². The lowest BCUT2D eigenvalue weighted by Crippen LogP contribution is -2.35. The summed E-state index contributed by atoms with van der Waals surface area (Å²) < 4.78 is 5.49. The second kappa shape index (κ2) is 5.94. The van der Waals surface area contributed by atoms with Gasteiger partial charge in [-0.15, -0.1) is 0 Å². The number of likely N-dealkylation sites (tertiary alicyclic amines) is 1. The summed E-state index contributed by atoms with van der Waals surface area (Å²) in [6, 6.07) is 8.63. The van der Waals surface area contributed by atoms with Crippen LogP contribution in [0.5, 0.6) is 0 Å². The average molecular weight is 303 g/mol. The van der Waals surface area contributed by atoms with Crippen molar-refractivity contribution in [1.82, 2.24) is 4.90 Å². The number of rotatable bonds is 1. The van der Waals surface area contributed by atoms with Crippen molar-refractivity contribution in [3.63, 3.8) is 0 Å². The number of nitrogens with zero attached hydrogens (tertiary/aromatic N) is 1. The van der Waals surface area contributed by atoms with E-state index in [2.05, 4.69) is 45.0 Å². The predicted molar refractivity (Wildman–Crippen MR) is 90.3 cm³/mol. The van der Waals surface area contributed by atoms with Gasteiger partial charge >= 0.3 is 6.09 Å². The normalized spacial score (nSPS) is 19.4. The van der Waals surface area contributed by atoms with Crippen LogP contribution < -0.4 is 0 Å². The Morgan fingerprint density at radius 2 is 1.77 bits per heavy atom. The maximum absolute atomic E-state index is 12.2. The Bertz CT molecular complexity index is 537. The number of hydrogen-bond acceptors (Lipinski definition) is 2. The van der Waals surface area contributed by atoms with Crippen LogP contribution in [0.2, 0.25) is 0 Å². The fraction of sp³-hybridized carbons (Fsp3) is 0.632. The third-order valence-corrected chi connectivity index (χ3v) is 4.05. The first kappa shape index (κ1) is 16.9. The molecule has 1 unspecified atom stereocenters. The topological polar surface area (TPSA) is 29.5 Å². The Morgan fingerprint density at radius 3 is 2.36 bits per heavy atom. The summed E-state index contributed by atoms with van der Waals surface area (Å²) >= 11 is 0. The maximum atomic E-state index is 12.2. The fourth-order valence-corrected chi connectivity index (χ4v) is 3.04. The van der Waals surface area contributed by atoms with Gasteiger partial charge in [-0.3, -0.25) is 0 Å². The molecule has 122 valence electrons. The smallest absolute Gasteiger partial charge is 0.410 e. The zero-order valence-electron chi connectivity index (χ0n) is 14.8. The highest BCUT2D eigenvalue weighted by Gasteiger charge is 2.32. The molecule has 22 heavy (non-hydrogen) atoms. The van der Waals surface area contributed by atoms with Crippen molar-refractivity contribution in [1.29, 1.82) is 0 Å². The minimum Gasteiger partial charge on any atom is -0.444 e. The molecule has 1 atom stereocenters. The van der Waals surface area contributed by atoms with Crippen molar-refractivity contribution in [3.8, 4) is 0 Å². The van der Waals surface area contributed by atoms with E-state index in [0.717, 1.165) is 19.5 Å². The summed E-state index contributed by atoms with van der Waals surface area (Å²) in [5.74, 6) is 0.406. The SMILES string of the molecule is CC(C)(C)OC(=O)N1CCC(c2ccccc2C(C)(C)C)C1. The van der Waals surface area contributed by atoms with E-state index in [4.69, 9.17) is 4.74 Å². The zero-order valence-corrected chi connectivity index (χ0v) is 14.8. The first-order valence-corrected chi connectivity index (χ1v) is 8.15. The third kappa shape index (κ3) is 4.02. The molecule has 0 radical (unpaired) electrons. The zero-order chi connectivity index (χ0) is 16.5. The molecule has 1 amide bonds. The molecule has 0 saturated carbocycles. The number of amides is 1. The Kier molecular flexibility index (Phi) is 4.55. The summed E-state index contributed by atoms with van der Waals surface area (Å²) in [6.45, 7) is 14.0. The van der Waals surface area contributed by atoms with E-state index in [-0.39, 0.29) is 11.5 Å². The number of benzene rings is 1. The minimum absolute atomic E-state index is 0.121. The standard InChI is InChI=1S/C19H29NO2/c1-18(2,3)16-10-8-7-9-15(16)14-11-12-20(13-14)17(21)22-19(4,5)6/h7-10,14H,11-13H2,1-6H3. The molecular weight excluding hydrogens is 274 g/mol. The van der Waals surface area contributed by atoms with Gasteiger partial charge in [0.2, 0.25) is 0 Å². The quantitative estimate of drug-likeness (QED) is 0.752. The molecule has 1 aromatic carbocycles. The van der Waals surface area contributed by atoms with Crippen molar-refractivity contribution in [2.45, 2.75) is 64.9 Å². The molecule has 1 aromatic rings. The molecule has 3 nitrogen and oxygen atoms in total. The highest BCUT2D eigenvalue weighted by Crippen LogP contribution is 2.35. The van der Waals surface area contributed by atoms with Crippen LogP contribution in [0.4, 0.5) is 4.79 Å². The van der Waals surface area contributed by atoms with Crippen molar-refractivity contribution < 1.29 is 9.53 Å². The molecule has 1 saturated heterocycles. The fourth-order valence-electron chi connectivity index (χ4n) is 3.04. The van der Waals surface area contributed by atoms with Crippen LogP contribution in [-0.4, -0.2) is 29.7 Å². The first-order valence-electron chi connectivity index (χ1n) is 8.15. The van der Waals surface area contributed by atoms with Crippen LogP contribution in [-0.2, 0) is 10.2 Å². The van der Waals surface area contributed by atoms with Gasteiger partial charge in [-0.2, -0.15) is 0 Å². The highest BCUT2D eigenvalue weighted by atomic mass is 16.6. The molecule has 3 heteroatoms. The molecule has 1 heterocycles. The van der Waals surface area contributed by atoms with E-state index in [1.54, 1.807) is 0 Å². The summed E-state index contributed by atoms with van der Waals surface area (Å²) in [4.78, 5) is 14.1. The Hall–Kier alpha value is -1.51. The largest absolute Gasteiger partial charge is 0.444 e. The number of carbonyl (C=O) groups excluding carboxylic acids is 1. The van der Waals surface area contributed by atoms with E-state index in [1.165, 1.54) is 11.1 Å². The van der Waals surface area contributed by atoms with Gasteiger partial charge in [0.05, 0.1) is 0 Å². The summed E-state index contributed by atoms with van der Waals surface area (Å²) in [5, 5.41) is 0. The highest BCUT2D eigenvalue weighted by molar-refractivity contribution is 5.68. The van der Waals surface area contributed by atoms with Gasteiger partial charge < -0.3 is 9.64 Å². The van der Waals surface area contributed by atoms with Crippen LogP contribution in [0.25, 0.3) is 0 Å². The Labute approximate surface area is 134 Å². The van der Waals surface area contributed by atoms with E-state index >= 15 is 0 Å². The lowest BCUT2D eigenvalue weighted by atomic mass is 9.80. The summed E-state index contributed by atoms with van der Waals surface area (Å²) in [7, 11) is 0. The van der Waals surface area contributed by atoms with Gasteiger partial charge in [0.25, 0.3) is 0 Å². The molecule has 0 aromatic heterocycles. The van der Waals surface area contributed by atoms with Gasteiger partial charge in [-0.25, -0.2) is 4.79 Å². The maximum Gasteiger partial charge on any atom is 0.410 e. The van der Waals surface area contributed by atoms with Crippen molar-refractivity contribution in [2.75, 3.05) is 13.1 Å². The van der Waals surface area contributed by atoms with Crippen molar-refractivity contribution in [2.24, 2.45) is 0 Å². The summed E-state index contributed by atoms with van der Waals surface area (Å²) in [6.07, 6.45) is 0.815. The van der Waals surface area contributed by atoms with E-state index in [9.17, 15) is 4.79 Å². The number of carbonyl (C=O) groups is 1. The Balaban J connectivity index is 2.13. The van der Waals surface area contributed by atoms with Gasteiger partial charge in [0.1, 0.15) is 5.60 Å². The lowest BCUT2D eigenvalue weighted by Gasteiger charge is -2.26. The van der Waals surface area contributed by atoms with Crippen LogP contribution in [0.15, 0.2) is 24.3 Å². The van der Waals surface area contributed by atoms with E-state index in [1.807, 2.05) is 25.7 Å². The predicted octanol–water partition coefficient (Wildman–Crippen LogP) is 4.71. The number of hydrogen-bond donors (Lipinski definition) is 0. The van der Waals surface area contributed by atoms with E-state index < -0.39 is 5.60 Å². The molecule has 0 aliphatic carbocycles. The molecule has 0 bridgehead atoms. The van der Waals surface area contributed by atoms with E-state index in [0.29, 0.717) is 5.92 Å². The molecular formula is C19H29NO2. The van der Waals surface area contributed by atoms with Gasteiger partial charge in [-0.1, -0.05) is 45.0 Å². The first-order chi connectivity index (χ1) is 10.1. The molecule has 2 rings (SSSR count). The lowest BCUT2D eigenvalue weighted by molar-refractivity contribution is 0.0292. The molecule has 0 N–H and O–H groups in total. The molecule has 0 spiro atoms. The van der Waals surface area contributed by atoms with Crippen LogP contribution >= 0.6 is 0 Å². The van der Waals surface area contributed by atoms with Crippen LogP contribution in [0.1, 0.15) is 65.0 Å². The number of ether oxygens (including phenoxy) is 1. The van der Waals surface area contributed by atoms with Crippen LogP contribution in [0.3, 0.4) is 0 Å². The van der Waals surface area contributed by atoms with Crippen molar-refractivity contribution >= 4 is 6.09 Å². The monoisotopic (exact) mass is 303 g/mol. The summed E-state index contributed by atoms with van der Waals surface area (Å²) in [5.41, 5.74) is 2.45. The minimum atomic E-state index is -0.432. The average Bonchev–Trinajstić information content (AvgIpc) is 2.85. The second-order valence-electron chi connectivity index (χ2n) is 8.25.